The monoisotopic (exact) mass is 608 g/mol. The topological polar surface area (TPSA) is 238 Å². The molecule has 0 bridgehead atoms. The summed E-state index contributed by atoms with van der Waals surface area (Å²) in [5.74, 6) is -1.04. The lowest BCUT2D eigenvalue weighted by atomic mass is 9.98. The quantitative estimate of drug-likeness (QED) is 0.159. The van der Waals surface area contributed by atoms with Gasteiger partial charge in [-0.2, -0.15) is 0 Å². The maximum atomic E-state index is 13.6. The summed E-state index contributed by atoms with van der Waals surface area (Å²) in [7, 11) is 1.31. The number of aliphatic hydroxyl groups is 6. The fourth-order valence-electron chi connectivity index (χ4n) is 4.89. The number of hydrogen-bond donors (Lipinski definition) is 8. The van der Waals surface area contributed by atoms with Crippen molar-refractivity contribution in [2.45, 2.75) is 68.3 Å². The lowest BCUT2D eigenvalue weighted by molar-refractivity contribution is -0.318. The Morgan fingerprint density at radius 3 is 2.23 bits per heavy atom. The summed E-state index contributed by atoms with van der Waals surface area (Å²) in [4.78, 5) is 13.6. The highest BCUT2D eigenvalue weighted by molar-refractivity contribution is 5.83. The van der Waals surface area contributed by atoms with Crippen molar-refractivity contribution in [3.63, 3.8) is 0 Å². The summed E-state index contributed by atoms with van der Waals surface area (Å²) >= 11 is 0. The second kappa shape index (κ2) is 12.2. The molecule has 0 amide bonds. The molecule has 15 nitrogen and oxygen atoms in total. The van der Waals surface area contributed by atoms with Gasteiger partial charge in [0.15, 0.2) is 23.5 Å². The van der Waals surface area contributed by atoms with Gasteiger partial charge >= 0.3 is 0 Å². The van der Waals surface area contributed by atoms with Crippen LogP contribution in [0.25, 0.3) is 22.3 Å². The lowest BCUT2D eigenvalue weighted by Gasteiger charge is -2.42. The summed E-state index contributed by atoms with van der Waals surface area (Å²) in [5.41, 5.74) is -0.567. The number of methoxy groups -OCH3 is 1. The van der Waals surface area contributed by atoms with Gasteiger partial charge in [-0.3, -0.25) is 4.79 Å². The Hall–Kier alpha value is -3.51. The van der Waals surface area contributed by atoms with Crippen molar-refractivity contribution in [3.8, 4) is 34.3 Å². The Morgan fingerprint density at radius 1 is 0.814 bits per heavy atom. The zero-order valence-corrected chi connectivity index (χ0v) is 22.9. The summed E-state index contributed by atoms with van der Waals surface area (Å²) in [6, 6.07) is 7.78. The normalized spacial score (nSPS) is 32.9. The van der Waals surface area contributed by atoms with Crippen molar-refractivity contribution in [1.82, 2.24) is 0 Å². The summed E-state index contributed by atoms with van der Waals surface area (Å²) in [6.45, 7) is 0.902. The highest BCUT2D eigenvalue weighted by Crippen LogP contribution is 2.38. The molecule has 43 heavy (non-hydrogen) atoms. The lowest BCUT2D eigenvalue weighted by Crippen LogP contribution is -2.61. The second-order valence-electron chi connectivity index (χ2n) is 10.3. The fourth-order valence-corrected chi connectivity index (χ4v) is 4.89. The van der Waals surface area contributed by atoms with E-state index in [1.165, 1.54) is 50.4 Å². The first kappa shape index (κ1) is 30.9. The van der Waals surface area contributed by atoms with Gasteiger partial charge in [0.1, 0.15) is 54.1 Å². The Bertz CT molecular complexity index is 1510. The first-order valence-corrected chi connectivity index (χ1v) is 13.3. The van der Waals surface area contributed by atoms with Crippen LogP contribution in [0.4, 0.5) is 0 Å². The molecule has 0 saturated carbocycles. The summed E-state index contributed by atoms with van der Waals surface area (Å²) < 4.78 is 33.4. The SMILES string of the molecule is COc1cc(-c2oc3cc(O)ccc3c(=O)c2O[C@@H]2O[C@H](CO[C@@H]3O[C@@H](C)[C@H](O)[C@@H](O)[C@H]3O)[C@@H](O)[C@H](O)[C@H]2O)ccc1O. The van der Waals surface area contributed by atoms with Crippen LogP contribution in [0, 0.1) is 0 Å². The average Bonchev–Trinajstić information content (AvgIpc) is 2.99. The van der Waals surface area contributed by atoms with E-state index in [-0.39, 0.29) is 39.5 Å². The third-order valence-electron chi connectivity index (χ3n) is 7.41. The third kappa shape index (κ3) is 5.86. The van der Waals surface area contributed by atoms with E-state index < -0.39 is 79.2 Å². The highest BCUT2D eigenvalue weighted by atomic mass is 16.7. The molecule has 0 spiro atoms. The molecule has 5 rings (SSSR count). The van der Waals surface area contributed by atoms with Crippen LogP contribution in [-0.4, -0.2) is 116 Å². The van der Waals surface area contributed by atoms with E-state index in [9.17, 15) is 45.6 Å². The van der Waals surface area contributed by atoms with E-state index in [1.54, 1.807) is 0 Å². The number of benzene rings is 2. The number of aromatic hydroxyl groups is 2. The molecule has 2 aliphatic rings. The minimum absolute atomic E-state index is 0.00800. The molecule has 0 unspecified atom stereocenters. The fraction of sp³-hybridized carbons (Fsp3) is 0.464. The number of phenols is 2. The van der Waals surface area contributed by atoms with E-state index >= 15 is 0 Å². The summed E-state index contributed by atoms with van der Waals surface area (Å²) in [5, 5.41) is 82.0. The molecule has 0 radical (unpaired) electrons. The molecule has 2 fully saturated rings. The molecular formula is C28H32O15. The first-order valence-electron chi connectivity index (χ1n) is 13.3. The van der Waals surface area contributed by atoms with Crippen molar-refractivity contribution >= 4 is 11.0 Å². The molecule has 0 aliphatic carbocycles. The zero-order chi connectivity index (χ0) is 31.2. The second-order valence-corrected chi connectivity index (χ2v) is 10.3. The molecular weight excluding hydrogens is 576 g/mol. The van der Waals surface area contributed by atoms with E-state index in [4.69, 9.17) is 28.1 Å². The van der Waals surface area contributed by atoms with Crippen LogP contribution in [-0.2, 0) is 14.2 Å². The van der Waals surface area contributed by atoms with Gasteiger partial charge in [0, 0.05) is 11.6 Å². The number of ether oxygens (including phenoxy) is 5. The van der Waals surface area contributed by atoms with Crippen molar-refractivity contribution in [2.24, 2.45) is 0 Å². The van der Waals surface area contributed by atoms with E-state index in [1.807, 2.05) is 0 Å². The molecule has 3 heterocycles. The van der Waals surface area contributed by atoms with E-state index in [2.05, 4.69) is 0 Å². The van der Waals surface area contributed by atoms with Crippen molar-refractivity contribution in [2.75, 3.05) is 13.7 Å². The zero-order valence-electron chi connectivity index (χ0n) is 22.9. The predicted octanol–water partition coefficient (Wildman–Crippen LogP) is -1.09. The van der Waals surface area contributed by atoms with E-state index in [0.717, 1.165) is 0 Å². The Balaban J connectivity index is 1.46. The molecule has 3 aromatic rings. The molecule has 10 atom stereocenters. The largest absolute Gasteiger partial charge is 0.508 e. The Labute approximate surface area is 243 Å². The van der Waals surface area contributed by atoms with Gasteiger partial charge in [-0.1, -0.05) is 0 Å². The maximum absolute atomic E-state index is 13.6. The van der Waals surface area contributed by atoms with Crippen LogP contribution in [0.5, 0.6) is 23.0 Å². The molecule has 234 valence electrons. The van der Waals surface area contributed by atoms with Gasteiger partial charge in [-0.05, 0) is 37.3 Å². The number of phenolic OH excluding ortho intramolecular Hbond substituents is 2. The van der Waals surface area contributed by atoms with Crippen LogP contribution in [0.15, 0.2) is 45.6 Å². The van der Waals surface area contributed by atoms with Gasteiger partial charge < -0.3 is 69.0 Å². The van der Waals surface area contributed by atoms with Crippen LogP contribution in [0.1, 0.15) is 6.92 Å². The van der Waals surface area contributed by atoms with Crippen LogP contribution in [0.2, 0.25) is 0 Å². The number of rotatable bonds is 7. The van der Waals surface area contributed by atoms with Crippen molar-refractivity contribution in [3.05, 3.63) is 46.6 Å². The first-order chi connectivity index (χ1) is 20.4. The van der Waals surface area contributed by atoms with Crippen LogP contribution in [0.3, 0.4) is 0 Å². The summed E-state index contributed by atoms with van der Waals surface area (Å²) in [6.07, 6.45) is -15.6. The van der Waals surface area contributed by atoms with Crippen molar-refractivity contribution in [1.29, 1.82) is 0 Å². The maximum Gasteiger partial charge on any atom is 0.235 e. The van der Waals surface area contributed by atoms with Crippen molar-refractivity contribution < 1.29 is 69.0 Å². The van der Waals surface area contributed by atoms with Crippen LogP contribution >= 0.6 is 0 Å². The molecule has 2 aromatic carbocycles. The van der Waals surface area contributed by atoms with Crippen LogP contribution < -0.4 is 14.9 Å². The number of hydrogen-bond acceptors (Lipinski definition) is 15. The minimum Gasteiger partial charge on any atom is -0.508 e. The molecule has 15 heteroatoms. The van der Waals surface area contributed by atoms with Gasteiger partial charge in [-0.15, -0.1) is 0 Å². The van der Waals surface area contributed by atoms with Gasteiger partial charge in [-0.25, -0.2) is 0 Å². The Kier molecular flexibility index (Phi) is 8.80. The number of aliphatic hydroxyl groups excluding tert-OH is 6. The van der Waals surface area contributed by atoms with Gasteiger partial charge in [0.25, 0.3) is 0 Å². The number of fused-ring (bicyclic) bond motifs is 1. The standard InChI is InChI=1S/C28H32O15/c1-10-18(31)21(34)23(36)27(40-10)39-9-17-20(33)22(35)24(37)28(42-17)43-26-19(32)13-5-4-12(29)8-15(13)41-25(26)11-3-6-14(30)16(7-11)38-2/h3-8,10,17-18,20-24,27-31,33-37H,9H2,1-2H3/t10-,17+,18-,20+,21+,22-,23+,24+,27+,28-/m0/s1. The predicted molar refractivity (Wildman–Crippen MR) is 143 cm³/mol. The smallest absolute Gasteiger partial charge is 0.235 e. The van der Waals surface area contributed by atoms with Gasteiger partial charge in [0.2, 0.25) is 17.5 Å². The Morgan fingerprint density at radius 2 is 1.51 bits per heavy atom. The van der Waals surface area contributed by atoms with E-state index in [0.29, 0.717) is 0 Å². The molecule has 8 N–H and O–H groups in total. The molecule has 2 saturated heterocycles. The van der Waals surface area contributed by atoms with Gasteiger partial charge in [0.05, 0.1) is 25.2 Å². The molecule has 1 aromatic heterocycles. The average molecular weight is 609 g/mol. The minimum atomic E-state index is -1.88. The third-order valence-corrected chi connectivity index (χ3v) is 7.41. The highest BCUT2D eigenvalue weighted by Gasteiger charge is 2.47. The molecule has 2 aliphatic heterocycles.